The van der Waals surface area contributed by atoms with E-state index in [1.807, 2.05) is 0 Å². The van der Waals surface area contributed by atoms with Gasteiger partial charge < -0.3 is 9.88 Å². The van der Waals surface area contributed by atoms with Crippen molar-refractivity contribution < 1.29 is 17.6 Å². The second kappa shape index (κ2) is 8.92. The first-order valence-electron chi connectivity index (χ1n) is 8.50. The molecule has 0 atom stereocenters. The summed E-state index contributed by atoms with van der Waals surface area (Å²) in [6.45, 7) is 3.62. The first kappa shape index (κ1) is 20.8. The van der Waals surface area contributed by atoms with Gasteiger partial charge in [-0.15, -0.1) is 0 Å². The van der Waals surface area contributed by atoms with Crippen molar-refractivity contribution >= 4 is 15.9 Å². The number of carbonyl (C=O) groups is 1. The van der Waals surface area contributed by atoms with Gasteiger partial charge in [0.15, 0.2) is 0 Å². The molecule has 0 radical (unpaired) electrons. The van der Waals surface area contributed by atoms with Gasteiger partial charge in [0.2, 0.25) is 15.9 Å². The van der Waals surface area contributed by atoms with E-state index in [0.717, 1.165) is 16.8 Å². The maximum atomic E-state index is 13.6. The minimum Gasteiger partial charge on any atom is -0.350 e. The van der Waals surface area contributed by atoms with Crippen molar-refractivity contribution in [3.63, 3.8) is 0 Å². The molecular weight excluding hydrogens is 373 g/mol. The van der Waals surface area contributed by atoms with Gasteiger partial charge in [0, 0.05) is 37.5 Å². The third-order valence-corrected chi connectivity index (χ3v) is 6.08. The van der Waals surface area contributed by atoms with Gasteiger partial charge in [0.25, 0.3) is 5.56 Å². The van der Waals surface area contributed by atoms with Gasteiger partial charge in [-0.25, -0.2) is 12.8 Å². The zero-order valence-electron chi connectivity index (χ0n) is 15.2. The van der Waals surface area contributed by atoms with Crippen LogP contribution in [0.25, 0.3) is 0 Å². The molecule has 9 heteroatoms. The molecule has 2 rings (SSSR count). The van der Waals surface area contributed by atoms with E-state index >= 15 is 0 Å². The van der Waals surface area contributed by atoms with Crippen LogP contribution in [0.15, 0.2) is 52.3 Å². The van der Waals surface area contributed by atoms with Gasteiger partial charge >= 0.3 is 0 Å². The van der Waals surface area contributed by atoms with E-state index in [0.29, 0.717) is 18.7 Å². The molecule has 0 spiro atoms. The van der Waals surface area contributed by atoms with Crippen LogP contribution in [-0.2, 0) is 27.9 Å². The van der Waals surface area contributed by atoms with Gasteiger partial charge in [-0.05, 0) is 12.1 Å². The fourth-order valence-corrected chi connectivity index (χ4v) is 4.02. The second-order valence-electron chi connectivity index (χ2n) is 5.79. The second-order valence-corrected chi connectivity index (χ2v) is 7.73. The van der Waals surface area contributed by atoms with E-state index in [9.17, 15) is 22.4 Å². The molecule has 1 amide bonds. The Morgan fingerprint density at radius 3 is 2.44 bits per heavy atom. The number of amides is 1. The highest BCUT2D eigenvalue weighted by Crippen LogP contribution is 2.13. The van der Waals surface area contributed by atoms with Crippen LogP contribution in [0.5, 0.6) is 0 Å². The number of carbonyl (C=O) groups excluding carboxylic acids is 1. The lowest BCUT2D eigenvalue weighted by atomic mass is 10.2. The summed E-state index contributed by atoms with van der Waals surface area (Å²) >= 11 is 0. The van der Waals surface area contributed by atoms with E-state index in [1.54, 1.807) is 32.0 Å². The number of pyridine rings is 1. The topological polar surface area (TPSA) is 88.5 Å². The first-order chi connectivity index (χ1) is 12.8. The highest BCUT2D eigenvalue weighted by atomic mass is 32.2. The first-order valence-corrected chi connectivity index (χ1v) is 9.94. The molecule has 0 saturated heterocycles. The van der Waals surface area contributed by atoms with E-state index in [4.69, 9.17) is 0 Å². The average molecular weight is 395 g/mol. The quantitative estimate of drug-likeness (QED) is 0.730. The van der Waals surface area contributed by atoms with Crippen LogP contribution in [0, 0.1) is 5.82 Å². The molecule has 0 aliphatic carbocycles. The molecule has 1 heterocycles. The zero-order valence-corrected chi connectivity index (χ0v) is 16.0. The summed E-state index contributed by atoms with van der Waals surface area (Å²) in [4.78, 5) is 24.0. The average Bonchev–Trinajstić information content (AvgIpc) is 2.63. The van der Waals surface area contributed by atoms with Crippen molar-refractivity contribution in [2.45, 2.75) is 31.8 Å². The van der Waals surface area contributed by atoms with Gasteiger partial charge in [0.05, 0.1) is 4.90 Å². The smallest absolute Gasteiger partial charge is 0.251 e. The van der Waals surface area contributed by atoms with Crippen LogP contribution in [0.4, 0.5) is 4.39 Å². The monoisotopic (exact) mass is 395 g/mol. The molecule has 7 nitrogen and oxygen atoms in total. The van der Waals surface area contributed by atoms with E-state index in [2.05, 4.69) is 5.32 Å². The summed E-state index contributed by atoms with van der Waals surface area (Å²) in [5, 5.41) is 2.52. The van der Waals surface area contributed by atoms with Gasteiger partial charge in [0.1, 0.15) is 12.4 Å². The molecule has 0 bridgehead atoms. The van der Waals surface area contributed by atoms with E-state index in [-0.39, 0.29) is 18.0 Å². The molecule has 2 aromatic rings. The molecule has 1 N–H and O–H groups in total. The molecule has 0 aliphatic heterocycles. The Balaban J connectivity index is 2.16. The normalized spacial score (nSPS) is 11.6. The standard InChI is InChI=1S/C18H22FN3O4S/c1-3-22(4-2)27(25,26)15-9-10-18(24)21(12-15)13-17(23)20-11-14-7-5-6-8-16(14)19/h5-10,12H,3-4,11,13H2,1-2H3,(H,20,23). The molecule has 1 aromatic carbocycles. The van der Waals surface area contributed by atoms with Gasteiger partial charge in [-0.3, -0.25) is 9.59 Å². The lowest BCUT2D eigenvalue weighted by Crippen LogP contribution is -2.34. The predicted octanol–water partition coefficient (Wildman–Crippen LogP) is 1.33. The number of nitrogens with zero attached hydrogens (tertiary/aromatic N) is 2. The predicted molar refractivity (Wildman–Crippen MR) is 99.1 cm³/mol. The van der Waals surface area contributed by atoms with E-state index in [1.165, 1.54) is 16.4 Å². The molecule has 0 saturated carbocycles. The lowest BCUT2D eigenvalue weighted by Gasteiger charge is -2.19. The van der Waals surface area contributed by atoms with Crippen molar-refractivity contribution in [1.82, 2.24) is 14.2 Å². The zero-order chi connectivity index (χ0) is 20.0. The van der Waals surface area contributed by atoms with Crippen molar-refractivity contribution in [1.29, 1.82) is 0 Å². The maximum Gasteiger partial charge on any atom is 0.251 e. The number of halogens is 1. The number of hydrogen-bond acceptors (Lipinski definition) is 4. The van der Waals surface area contributed by atoms with Crippen molar-refractivity contribution in [2.75, 3.05) is 13.1 Å². The van der Waals surface area contributed by atoms with Crippen LogP contribution in [0.3, 0.4) is 0 Å². The number of sulfonamides is 1. The third kappa shape index (κ3) is 5.01. The highest BCUT2D eigenvalue weighted by molar-refractivity contribution is 7.89. The lowest BCUT2D eigenvalue weighted by molar-refractivity contribution is -0.121. The molecule has 0 aliphatic rings. The SMILES string of the molecule is CCN(CC)S(=O)(=O)c1ccc(=O)n(CC(=O)NCc2ccccc2F)c1. The van der Waals surface area contributed by atoms with Crippen molar-refractivity contribution in [2.24, 2.45) is 0 Å². The largest absolute Gasteiger partial charge is 0.350 e. The Morgan fingerprint density at radius 2 is 1.81 bits per heavy atom. The number of rotatable bonds is 8. The number of benzene rings is 1. The van der Waals surface area contributed by atoms with Gasteiger partial charge in [-0.2, -0.15) is 4.31 Å². The Labute approximate surface area is 157 Å². The van der Waals surface area contributed by atoms with Gasteiger partial charge in [-0.1, -0.05) is 32.0 Å². The Morgan fingerprint density at radius 1 is 1.15 bits per heavy atom. The molecule has 0 fully saturated rings. The number of hydrogen-bond donors (Lipinski definition) is 1. The summed E-state index contributed by atoms with van der Waals surface area (Å²) in [7, 11) is -3.74. The fourth-order valence-electron chi connectivity index (χ4n) is 2.54. The summed E-state index contributed by atoms with van der Waals surface area (Å²) < 4.78 is 41.0. The van der Waals surface area contributed by atoms with E-state index < -0.39 is 27.3 Å². The number of nitrogens with one attached hydrogen (secondary N) is 1. The third-order valence-electron chi connectivity index (χ3n) is 4.05. The Bertz CT molecular complexity index is 969. The summed E-state index contributed by atoms with van der Waals surface area (Å²) in [5.74, 6) is -0.972. The number of aromatic nitrogens is 1. The van der Waals surface area contributed by atoms with Crippen LogP contribution in [-0.4, -0.2) is 36.3 Å². The molecule has 1 aromatic heterocycles. The van der Waals surface area contributed by atoms with Crippen LogP contribution < -0.4 is 10.9 Å². The van der Waals surface area contributed by atoms with Crippen molar-refractivity contribution in [3.8, 4) is 0 Å². The minimum absolute atomic E-state index is 0.0301. The summed E-state index contributed by atoms with van der Waals surface area (Å²) in [5.41, 5.74) is -0.189. The van der Waals surface area contributed by atoms with Crippen LogP contribution in [0.2, 0.25) is 0 Å². The fraction of sp³-hybridized carbons (Fsp3) is 0.333. The van der Waals surface area contributed by atoms with Crippen LogP contribution in [0.1, 0.15) is 19.4 Å². The highest BCUT2D eigenvalue weighted by Gasteiger charge is 2.22. The molecule has 146 valence electrons. The summed E-state index contributed by atoms with van der Waals surface area (Å²) in [6.07, 6.45) is 1.15. The van der Waals surface area contributed by atoms with Crippen molar-refractivity contribution in [3.05, 3.63) is 64.3 Å². The molecule has 0 unspecified atom stereocenters. The Hall–Kier alpha value is -2.52. The Kier molecular flexibility index (Phi) is 6.86. The van der Waals surface area contributed by atoms with Crippen LogP contribution >= 0.6 is 0 Å². The molecular formula is C18H22FN3O4S. The summed E-state index contributed by atoms with van der Waals surface area (Å²) in [6, 6.07) is 8.36. The minimum atomic E-state index is -3.74. The molecule has 27 heavy (non-hydrogen) atoms. The maximum absolute atomic E-state index is 13.6.